The number of halogens is 3. The van der Waals surface area contributed by atoms with Crippen molar-refractivity contribution in [1.29, 1.82) is 0 Å². The van der Waals surface area contributed by atoms with Crippen molar-refractivity contribution in [3.63, 3.8) is 0 Å². The van der Waals surface area contributed by atoms with E-state index in [1.54, 1.807) is 18.2 Å². The summed E-state index contributed by atoms with van der Waals surface area (Å²) in [6, 6.07) is 11.0. The lowest BCUT2D eigenvalue weighted by Gasteiger charge is -2.32. The largest absolute Gasteiger partial charge is 0.352 e. The summed E-state index contributed by atoms with van der Waals surface area (Å²) in [6.45, 7) is 3.46. The third kappa shape index (κ3) is 8.32. The van der Waals surface area contributed by atoms with Crippen LogP contribution in [0.2, 0.25) is 0 Å². The maximum absolute atomic E-state index is 14.9. The van der Waals surface area contributed by atoms with Gasteiger partial charge in [-0.3, -0.25) is 4.39 Å². The van der Waals surface area contributed by atoms with E-state index >= 15 is 0 Å². The van der Waals surface area contributed by atoms with Crippen LogP contribution in [0.4, 0.5) is 13.2 Å². The molecule has 0 amide bonds. The lowest BCUT2D eigenvalue weighted by molar-refractivity contribution is -0.204. The molecule has 0 aromatic heterocycles. The van der Waals surface area contributed by atoms with Crippen molar-refractivity contribution in [3.8, 4) is 0 Å². The second-order valence-electron chi connectivity index (χ2n) is 11.1. The topological polar surface area (TPSA) is 18.5 Å². The van der Waals surface area contributed by atoms with Gasteiger partial charge in [-0.1, -0.05) is 31.2 Å². The Kier molecular flexibility index (Phi) is 10.9. The molecule has 0 atom stereocenters. The van der Waals surface area contributed by atoms with Gasteiger partial charge in [-0.15, -0.1) is 0 Å². The van der Waals surface area contributed by atoms with Crippen molar-refractivity contribution < 1.29 is 22.6 Å². The Morgan fingerprint density at radius 1 is 0.757 bits per heavy atom. The Labute approximate surface area is 220 Å². The standard InChI is InChI=1S/C32H43F3O2/c1-2-23-21-36-32(37-22-23)17-10-24-6-11-26(12-7-24)29-16-15-28(31(35)20-29)14-9-25-8-13-27(30(34)19-25)5-3-4-18-33/h8,13,15-16,19-20,23-24,26,32H,2-7,9-12,14,17-18,21-22H2,1H3. The van der Waals surface area contributed by atoms with Crippen LogP contribution in [0.25, 0.3) is 0 Å². The van der Waals surface area contributed by atoms with Crippen LogP contribution in [0.1, 0.15) is 92.9 Å². The van der Waals surface area contributed by atoms with Gasteiger partial charge in [0.25, 0.3) is 0 Å². The molecule has 1 saturated heterocycles. The molecule has 0 unspecified atom stereocenters. The van der Waals surface area contributed by atoms with E-state index in [9.17, 15) is 13.2 Å². The van der Waals surface area contributed by atoms with Crippen molar-refractivity contribution in [2.24, 2.45) is 11.8 Å². The van der Waals surface area contributed by atoms with Crippen LogP contribution in [-0.2, 0) is 28.7 Å². The van der Waals surface area contributed by atoms with E-state index in [1.807, 2.05) is 12.1 Å². The number of alkyl halides is 1. The third-order valence-electron chi connectivity index (χ3n) is 8.45. The second-order valence-corrected chi connectivity index (χ2v) is 11.1. The fourth-order valence-corrected chi connectivity index (χ4v) is 5.80. The lowest BCUT2D eigenvalue weighted by atomic mass is 9.77. The van der Waals surface area contributed by atoms with Crippen LogP contribution >= 0.6 is 0 Å². The highest BCUT2D eigenvalue weighted by Crippen LogP contribution is 2.38. The molecule has 37 heavy (non-hydrogen) atoms. The number of benzene rings is 2. The normalized spacial score (nSPS) is 24.3. The summed E-state index contributed by atoms with van der Waals surface area (Å²) in [5.74, 6) is 1.27. The highest BCUT2D eigenvalue weighted by Gasteiger charge is 2.26. The van der Waals surface area contributed by atoms with Gasteiger partial charge in [0.05, 0.1) is 19.9 Å². The van der Waals surface area contributed by atoms with Crippen LogP contribution in [0.3, 0.4) is 0 Å². The molecular formula is C32H43F3O2. The predicted octanol–water partition coefficient (Wildman–Crippen LogP) is 8.50. The molecule has 1 aliphatic carbocycles. The zero-order valence-corrected chi connectivity index (χ0v) is 22.3. The molecular weight excluding hydrogens is 473 g/mol. The quantitative estimate of drug-likeness (QED) is 0.263. The van der Waals surface area contributed by atoms with E-state index in [1.165, 1.54) is 12.8 Å². The molecule has 0 bridgehead atoms. The van der Waals surface area contributed by atoms with Gasteiger partial charge in [0.2, 0.25) is 0 Å². The first-order valence-corrected chi connectivity index (χ1v) is 14.4. The maximum Gasteiger partial charge on any atom is 0.157 e. The molecule has 2 aliphatic rings. The number of aryl methyl sites for hydroxylation is 3. The molecule has 2 nitrogen and oxygen atoms in total. The molecule has 1 aliphatic heterocycles. The molecule has 5 heteroatoms. The van der Waals surface area contributed by atoms with Gasteiger partial charge in [-0.2, -0.15) is 0 Å². The fourth-order valence-electron chi connectivity index (χ4n) is 5.80. The molecule has 1 saturated carbocycles. The van der Waals surface area contributed by atoms with Crippen molar-refractivity contribution in [1.82, 2.24) is 0 Å². The van der Waals surface area contributed by atoms with Gasteiger partial charge in [-0.25, -0.2) is 8.78 Å². The minimum atomic E-state index is -0.364. The van der Waals surface area contributed by atoms with Crippen molar-refractivity contribution in [2.45, 2.75) is 96.2 Å². The molecule has 2 aromatic rings. The Hall–Kier alpha value is -1.85. The Morgan fingerprint density at radius 3 is 2.14 bits per heavy atom. The number of hydrogen-bond donors (Lipinski definition) is 0. The van der Waals surface area contributed by atoms with Crippen molar-refractivity contribution in [3.05, 3.63) is 70.3 Å². The van der Waals surface area contributed by atoms with Gasteiger partial charge < -0.3 is 9.47 Å². The van der Waals surface area contributed by atoms with Gasteiger partial charge >= 0.3 is 0 Å². The van der Waals surface area contributed by atoms with E-state index in [0.29, 0.717) is 61.0 Å². The Balaban J connectivity index is 1.21. The predicted molar refractivity (Wildman–Crippen MR) is 143 cm³/mol. The Morgan fingerprint density at radius 2 is 1.46 bits per heavy atom. The first-order chi connectivity index (χ1) is 18.1. The molecule has 0 radical (unpaired) electrons. The summed E-state index contributed by atoms with van der Waals surface area (Å²) in [6.07, 6.45) is 10.5. The van der Waals surface area contributed by atoms with E-state index in [-0.39, 0.29) is 24.6 Å². The summed E-state index contributed by atoms with van der Waals surface area (Å²) in [5.41, 5.74) is 3.28. The molecule has 0 spiro atoms. The minimum Gasteiger partial charge on any atom is -0.352 e. The van der Waals surface area contributed by atoms with Crippen LogP contribution in [-0.4, -0.2) is 26.2 Å². The summed E-state index contributed by atoms with van der Waals surface area (Å²) in [4.78, 5) is 0. The van der Waals surface area contributed by atoms with Gasteiger partial charge in [0.1, 0.15) is 11.6 Å². The smallest absolute Gasteiger partial charge is 0.157 e. The molecule has 0 N–H and O–H groups in total. The average molecular weight is 517 g/mol. The number of hydrogen-bond acceptors (Lipinski definition) is 2. The van der Waals surface area contributed by atoms with Crippen LogP contribution in [0, 0.1) is 23.5 Å². The van der Waals surface area contributed by atoms with Gasteiger partial charge in [0, 0.05) is 5.92 Å². The SMILES string of the molecule is CCC1COC(CCC2CCC(c3ccc(CCc4ccc(CCCCF)c(F)c4)c(F)c3)CC2)OC1. The fraction of sp³-hybridized carbons (Fsp3) is 0.625. The molecule has 4 rings (SSSR count). The number of unbranched alkanes of at least 4 members (excludes halogenated alkanes) is 1. The van der Waals surface area contributed by atoms with E-state index < -0.39 is 0 Å². The van der Waals surface area contributed by atoms with E-state index in [4.69, 9.17) is 9.47 Å². The van der Waals surface area contributed by atoms with Gasteiger partial charge in [-0.05, 0) is 123 Å². The third-order valence-corrected chi connectivity index (χ3v) is 8.45. The molecule has 2 aromatic carbocycles. The number of ether oxygens (including phenoxy) is 2. The van der Waals surface area contributed by atoms with E-state index in [0.717, 1.165) is 56.4 Å². The van der Waals surface area contributed by atoms with Crippen LogP contribution in [0.15, 0.2) is 36.4 Å². The first-order valence-electron chi connectivity index (χ1n) is 14.4. The summed E-state index contributed by atoms with van der Waals surface area (Å²) in [5, 5.41) is 0. The zero-order chi connectivity index (χ0) is 26.0. The number of rotatable bonds is 12. The van der Waals surface area contributed by atoms with Crippen LogP contribution < -0.4 is 0 Å². The Bertz CT molecular complexity index is 963. The van der Waals surface area contributed by atoms with Crippen molar-refractivity contribution in [2.75, 3.05) is 19.9 Å². The average Bonchev–Trinajstić information content (AvgIpc) is 2.93. The summed E-state index contributed by atoms with van der Waals surface area (Å²) < 4.78 is 53.3. The highest BCUT2D eigenvalue weighted by atomic mass is 19.1. The highest BCUT2D eigenvalue weighted by molar-refractivity contribution is 5.30. The second kappa shape index (κ2) is 14.3. The minimum absolute atomic E-state index is 0.0380. The van der Waals surface area contributed by atoms with Gasteiger partial charge in [0.15, 0.2) is 6.29 Å². The monoisotopic (exact) mass is 516 g/mol. The molecule has 1 heterocycles. The summed E-state index contributed by atoms with van der Waals surface area (Å²) in [7, 11) is 0. The molecule has 204 valence electrons. The first kappa shape index (κ1) is 28.2. The van der Waals surface area contributed by atoms with Crippen LogP contribution in [0.5, 0.6) is 0 Å². The van der Waals surface area contributed by atoms with Crippen molar-refractivity contribution >= 4 is 0 Å². The lowest BCUT2D eigenvalue weighted by Crippen LogP contribution is -2.32. The maximum atomic E-state index is 14.9. The molecule has 2 fully saturated rings. The van der Waals surface area contributed by atoms with E-state index in [2.05, 4.69) is 13.0 Å². The summed E-state index contributed by atoms with van der Waals surface area (Å²) >= 11 is 0. The zero-order valence-electron chi connectivity index (χ0n) is 22.3.